The van der Waals surface area contributed by atoms with Gasteiger partial charge in [-0.1, -0.05) is 29.5 Å². The van der Waals surface area contributed by atoms with E-state index in [0.717, 1.165) is 47.7 Å². The molecule has 7 heteroatoms. The van der Waals surface area contributed by atoms with Crippen LogP contribution in [0, 0.1) is 0 Å². The van der Waals surface area contributed by atoms with E-state index < -0.39 is 0 Å². The second-order valence-electron chi connectivity index (χ2n) is 6.92. The van der Waals surface area contributed by atoms with Crippen LogP contribution in [0.15, 0.2) is 53.4 Å². The van der Waals surface area contributed by atoms with E-state index in [-0.39, 0.29) is 12.0 Å². The molecule has 0 atom stereocenters. The SMILES string of the molecule is COc1ccc2nc(OC3CCN(C(=O)CCSc4ccccc4)CC3)sc2c1. The number of hydrogen-bond acceptors (Lipinski definition) is 6. The van der Waals surface area contributed by atoms with Gasteiger partial charge < -0.3 is 14.4 Å². The number of amides is 1. The van der Waals surface area contributed by atoms with Crippen molar-refractivity contribution < 1.29 is 14.3 Å². The van der Waals surface area contributed by atoms with Crippen molar-refractivity contribution in [3.05, 3.63) is 48.5 Å². The molecule has 2 heterocycles. The number of carbonyl (C=O) groups excluding carboxylic acids is 1. The fourth-order valence-electron chi connectivity index (χ4n) is 3.36. The molecule has 5 nitrogen and oxygen atoms in total. The first-order valence-corrected chi connectivity index (χ1v) is 11.6. The van der Waals surface area contributed by atoms with Gasteiger partial charge in [0.1, 0.15) is 11.9 Å². The van der Waals surface area contributed by atoms with Crippen LogP contribution in [0.25, 0.3) is 10.2 Å². The number of likely N-dealkylation sites (tertiary alicyclic amines) is 1. The number of benzene rings is 2. The molecule has 1 aliphatic heterocycles. The molecular formula is C22H24N2O3S2. The van der Waals surface area contributed by atoms with E-state index in [0.29, 0.717) is 11.6 Å². The van der Waals surface area contributed by atoms with Crippen molar-refractivity contribution in [2.24, 2.45) is 0 Å². The lowest BCUT2D eigenvalue weighted by Gasteiger charge is -2.31. The monoisotopic (exact) mass is 428 g/mol. The van der Waals surface area contributed by atoms with Gasteiger partial charge in [0.05, 0.1) is 17.3 Å². The van der Waals surface area contributed by atoms with E-state index in [2.05, 4.69) is 17.1 Å². The Balaban J connectivity index is 1.23. The van der Waals surface area contributed by atoms with Crippen LogP contribution in [-0.2, 0) is 4.79 Å². The summed E-state index contributed by atoms with van der Waals surface area (Å²) in [4.78, 5) is 20.2. The van der Waals surface area contributed by atoms with E-state index in [1.54, 1.807) is 18.9 Å². The minimum Gasteiger partial charge on any atom is -0.497 e. The van der Waals surface area contributed by atoms with Gasteiger partial charge in [-0.05, 0) is 30.3 Å². The van der Waals surface area contributed by atoms with Gasteiger partial charge in [0.25, 0.3) is 5.19 Å². The standard InChI is InChI=1S/C22H24N2O3S2/c1-26-17-7-8-19-20(15-17)29-22(23-19)27-16-9-12-24(13-10-16)21(25)11-14-28-18-5-3-2-4-6-18/h2-8,15-16H,9-14H2,1H3. The zero-order chi connectivity index (χ0) is 20.1. The highest BCUT2D eigenvalue weighted by Gasteiger charge is 2.24. The Morgan fingerprint density at radius 1 is 1.21 bits per heavy atom. The first-order valence-electron chi connectivity index (χ1n) is 9.78. The summed E-state index contributed by atoms with van der Waals surface area (Å²) in [6, 6.07) is 16.1. The van der Waals surface area contributed by atoms with Crippen LogP contribution in [0.3, 0.4) is 0 Å². The predicted molar refractivity (Wildman–Crippen MR) is 118 cm³/mol. The molecule has 0 saturated carbocycles. The number of ether oxygens (including phenoxy) is 2. The summed E-state index contributed by atoms with van der Waals surface area (Å²) in [5, 5.41) is 0.692. The van der Waals surface area contributed by atoms with Crippen LogP contribution in [-0.4, -0.2) is 47.8 Å². The first kappa shape index (κ1) is 20.0. The molecule has 1 aromatic heterocycles. The van der Waals surface area contributed by atoms with Gasteiger partial charge in [-0.3, -0.25) is 4.79 Å². The number of methoxy groups -OCH3 is 1. The number of carbonyl (C=O) groups is 1. The number of thiazole rings is 1. The maximum absolute atomic E-state index is 12.5. The maximum atomic E-state index is 12.5. The lowest BCUT2D eigenvalue weighted by Crippen LogP contribution is -2.41. The molecule has 0 N–H and O–H groups in total. The molecular weight excluding hydrogens is 404 g/mol. The highest BCUT2D eigenvalue weighted by Crippen LogP contribution is 2.32. The molecule has 1 aliphatic rings. The van der Waals surface area contributed by atoms with Crippen LogP contribution >= 0.6 is 23.1 Å². The lowest BCUT2D eigenvalue weighted by atomic mass is 10.1. The van der Waals surface area contributed by atoms with E-state index in [1.165, 1.54) is 16.2 Å². The summed E-state index contributed by atoms with van der Waals surface area (Å²) in [7, 11) is 1.66. The normalized spacial score (nSPS) is 14.9. The van der Waals surface area contributed by atoms with E-state index >= 15 is 0 Å². The van der Waals surface area contributed by atoms with Crippen molar-refractivity contribution in [1.29, 1.82) is 0 Å². The Morgan fingerprint density at radius 3 is 2.76 bits per heavy atom. The average molecular weight is 429 g/mol. The van der Waals surface area contributed by atoms with Crippen LogP contribution < -0.4 is 9.47 Å². The lowest BCUT2D eigenvalue weighted by molar-refractivity contribution is -0.132. The molecule has 0 aliphatic carbocycles. The average Bonchev–Trinajstić information content (AvgIpc) is 3.16. The van der Waals surface area contributed by atoms with Gasteiger partial charge >= 0.3 is 0 Å². The maximum Gasteiger partial charge on any atom is 0.274 e. The zero-order valence-electron chi connectivity index (χ0n) is 16.4. The summed E-state index contributed by atoms with van der Waals surface area (Å²) in [5.74, 6) is 1.87. The summed E-state index contributed by atoms with van der Waals surface area (Å²) in [6.07, 6.45) is 2.37. The Labute approximate surface area is 179 Å². The number of fused-ring (bicyclic) bond motifs is 1. The quantitative estimate of drug-likeness (QED) is 0.503. The molecule has 3 aromatic rings. The highest BCUT2D eigenvalue weighted by atomic mass is 32.2. The number of thioether (sulfide) groups is 1. The Bertz CT molecular complexity index is 953. The van der Waals surface area contributed by atoms with Crippen LogP contribution in [0.5, 0.6) is 10.9 Å². The van der Waals surface area contributed by atoms with Gasteiger partial charge in [-0.15, -0.1) is 11.8 Å². The molecule has 29 heavy (non-hydrogen) atoms. The van der Waals surface area contributed by atoms with Gasteiger partial charge in [0.15, 0.2) is 0 Å². The number of aromatic nitrogens is 1. The fraction of sp³-hybridized carbons (Fsp3) is 0.364. The van der Waals surface area contributed by atoms with Crippen molar-refractivity contribution in [1.82, 2.24) is 9.88 Å². The highest BCUT2D eigenvalue weighted by molar-refractivity contribution is 7.99. The predicted octanol–water partition coefficient (Wildman–Crippen LogP) is 4.86. The van der Waals surface area contributed by atoms with Crippen molar-refractivity contribution >= 4 is 39.2 Å². The Kier molecular flexibility index (Phi) is 6.56. The third kappa shape index (κ3) is 5.22. The number of nitrogens with zero attached hydrogens (tertiary/aromatic N) is 2. The smallest absolute Gasteiger partial charge is 0.274 e. The second-order valence-corrected chi connectivity index (χ2v) is 9.08. The van der Waals surface area contributed by atoms with E-state index in [4.69, 9.17) is 9.47 Å². The molecule has 2 aromatic carbocycles. The molecule has 0 spiro atoms. The summed E-state index contributed by atoms with van der Waals surface area (Å²) >= 11 is 3.27. The minimum atomic E-state index is 0.111. The summed E-state index contributed by atoms with van der Waals surface area (Å²) in [5.41, 5.74) is 0.925. The van der Waals surface area contributed by atoms with Crippen molar-refractivity contribution in [2.45, 2.75) is 30.3 Å². The molecule has 0 radical (unpaired) electrons. The van der Waals surface area contributed by atoms with Gasteiger partial charge in [0, 0.05) is 43.0 Å². The van der Waals surface area contributed by atoms with Gasteiger partial charge in [-0.25, -0.2) is 4.98 Å². The minimum absolute atomic E-state index is 0.111. The van der Waals surface area contributed by atoms with Crippen molar-refractivity contribution in [2.75, 3.05) is 26.0 Å². The third-order valence-electron chi connectivity index (χ3n) is 4.97. The van der Waals surface area contributed by atoms with E-state index in [1.807, 2.05) is 41.3 Å². The fourth-order valence-corrected chi connectivity index (χ4v) is 5.13. The summed E-state index contributed by atoms with van der Waals surface area (Å²) < 4.78 is 12.4. The topological polar surface area (TPSA) is 51.7 Å². The van der Waals surface area contributed by atoms with Gasteiger partial charge in [0.2, 0.25) is 5.91 Å². The van der Waals surface area contributed by atoms with Crippen molar-refractivity contribution in [3.63, 3.8) is 0 Å². The molecule has 152 valence electrons. The van der Waals surface area contributed by atoms with Crippen LogP contribution in [0.2, 0.25) is 0 Å². The van der Waals surface area contributed by atoms with E-state index in [9.17, 15) is 4.79 Å². The number of piperidine rings is 1. The molecule has 0 unspecified atom stereocenters. The van der Waals surface area contributed by atoms with Crippen LogP contribution in [0.1, 0.15) is 19.3 Å². The van der Waals surface area contributed by atoms with Gasteiger partial charge in [-0.2, -0.15) is 0 Å². The molecule has 1 amide bonds. The summed E-state index contributed by atoms with van der Waals surface area (Å²) in [6.45, 7) is 1.50. The molecule has 0 bridgehead atoms. The molecule has 1 saturated heterocycles. The molecule has 1 fully saturated rings. The zero-order valence-corrected chi connectivity index (χ0v) is 18.0. The first-order chi connectivity index (χ1) is 14.2. The van der Waals surface area contributed by atoms with Crippen molar-refractivity contribution in [3.8, 4) is 10.9 Å². The number of rotatable bonds is 7. The molecule has 4 rings (SSSR count). The van der Waals surface area contributed by atoms with Crippen LogP contribution in [0.4, 0.5) is 0 Å². The third-order valence-corrected chi connectivity index (χ3v) is 6.89. The Morgan fingerprint density at radius 2 is 2.00 bits per heavy atom. The number of hydrogen-bond donors (Lipinski definition) is 0. The second kappa shape index (κ2) is 9.50. The largest absolute Gasteiger partial charge is 0.497 e. The Hall–Kier alpha value is -2.25.